The normalized spacial score (nSPS) is 15.6. The molecular weight excluding hydrogens is 170 g/mol. The van der Waals surface area contributed by atoms with Gasteiger partial charge in [0.05, 0.1) is 0 Å². The number of allylic oxidation sites excluding steroid dienone is 4. The lowest BCUT2D eigenvalue weighted by atomic mass is 9.97. The quantitative estimate of drug-likeness (QED) is 0.706. The summed E-state index contributed by atoms with van der Waals surface area (Å²) >= 11 is 0. The molecule has 0 unspecified atom stereocenters. The van der Waals surface area contributed by atoms with E-state index in [1.807, 2.05) is 0 Å². The molecular formula is C13H15N. The van der Waals surface area contributed by atoms with E-state index in [2.05, 4.69) is 55.6 Å². The van der Waals surface area contributed by atoms with Crippen molar-refractivity contribution in [2.45, 2.75) is 20.3 Å². The Hall–Kier alpha value is -1.50. The van der Waals surface area contributed by atoms with Gasteiger partial charge in [-0.25, -0.2) is 0 Å². The van der Waals surface area contributed by atoms with Crippen LogP contribution in [-0.2, 0) is 6.42 Å². The molecule has 14 heavy (non-hydrogen) atoms. The number of rotatable bonds is 1. The number of hydrogen-bond acceptors (Lipinski definition) is 1. The van der Waals surface area contributed by atoms with Crippen LogP contribution in [0.1, 0.15) is 19.4 Å². The predicted molar refractivity (Wildman–Crippen MR) is 61.3 cm³/mol. The fourth-order valence-corrected chi connectivity index (χ4v) is 1.80. The molecule has 1 heterocycles. The van der Waals surface area contributed by atoms with Crippen molar-refractivity contribution in [3.8, 4) is 0 Å². The zero-order valence-corrected chi connectivity index (χ0v) is 8.67. The molecule has 2 rings (SSSR count). The highest BCUT2D eigenvalue weighted by Crippen LogP contribution is 2.27. The van der Waals surface area contributed by atoms with Gasteiger partial charge < -0.3 is 5.32 Å². The molecule has 1 aromatic carbocycles. The minimum absolute atomic E-state index is 1.04. The molecule has 1 aliphatic rings. The fourth-order valence-electron chi connectivity index (χ4n) is 1.80. The second-order valence-corrected chi connectivity index (χ2v) is 3.61. The van der Waals surface area contributed by atoms with Crippen LogP contribution >= 0.6 is 0 Å². The van der Waals surface area contributed by atoms with Crippen molar-refractivity contribution < 1.29 is 0 Å². The molecule has 0 fully saturated rings. The van der Waals surface area contributed by atoms with Crippen molar-refractivity contribution in [3.63, 3.8) is 0 Å². The summed E-state index contributed by atoms with van der Waals surface area (Å²) in [7, 11) is 0. The highest BCUT2D eigenvalue weighted by atomic mass is 14.9. The summed E-state index contributed by atoms with van der Waals surface area (Å²) < 4.78 is 0. The lowest BCUT2D eigenvalue weighted by Gasteiger charge is -2.20. The van der Waals surface area contributed by atoms with Crippen LogP contribution in [0.15, 0.2) is 47.7 Å². The van der Waals surface area contributed by atoms with Crippen LogP contribution in [0.2, 0.25) is 0 Å². The standard InChI is InChI=1S/C13H15N/c1-3-6-11-9-12-7-4-5-8-13(12)14-10(11)2/h3-8,14H,9H2,1-2H3/b6-3-. The van der Waals surface area contributed by atoms with E-state index < -0.39 is 0 Å². The summed E-state index contributed by atoms with van der Waals surface area (Å²) in [5, 5.41) is 3.42. The molecule has 0 bridgehead atoms. The van der Waals surface area contributed by atoms with E-state index in [1.165, 1.54) is 22.5 Å². The van der Waals surface area contributed by atoms with E-state index in [9.17, 15) is 0 Å². The number of anilines is 1. The topological polar surface area (TPSA) is 12.0 Å². The van der Waals surface area contributed by atoms with E-state index in [0.29, 0.717) is 0 Å². The highest BCUT2D eigenvalue weighted by Gasteiger charge is 2.11. The zero-order valence-electron chi connectivity index (χ0n) is 8.67. The zero-order chi connectivity index (χ0) is 9.97. The molecule has 0 aliphatic carbocycles. The molecule has 1 nitrogen and oxygen atoms in total. The summed E-state index contributed by atoms with van der Waals surface area (Å²) in [5.41, 5.74) is 5.28. The molecule has 0 saturated heterocycles. The van der Waals surface area contributed by atoms with Crippen molar-refractivity contribution >= 4 is 5.69 Å². The fraction of sp³-hybridized carbons (Fsp3) is 0.231. The van der Waals surface area contributed by atoms with Crippen LogP contribution in [0.4, 0.5) is 5.69 Å². The van der Waals surface area contributed by atoms with Gasteiger partial charge in [0.15, 0.2) is 0 Å². The van der Waals surface area contributed by atoms with Crippen molar-refractivity contribution in [3.05, 3.63) is 53.3 Å². The number of hydrogen-bond donors (Lipinski definition) is 1. The Bertz CT molecular complexity index is 399. The van der Waals surface area contributed by atoms with Crippen molar-refractivity contribution in [2.24, 2.45) is 0 Å². The highest BCUT2D eigenvalue weighted by molar-refractivity contribution is 5.61. The summed E-state index contributed by atoms with van der Waals surface area (Å²) in [6.07, 6.45) is 5.31. The van der Waals surface area contributed by atoms with E-state index in [0.717, 1.165) is 6.42 Å². The lowest BCUT2D eigenvalue weighted by molar-refractivity contribution is 1.09. The lowest BCUT2D eigenvalue weighted by Crippen LogP contribution is -2.09. The first-order valence-electron chi connectivity index (χ1n) is 4.98. The number of nitrogens with one attached hydrogen (secondary N) is 1. The monoisotopic (exact) mass is 185 g/mol. The van der Waals surface area contributed by atoms with Crippen molar-refractivity contribution in [1.82, 2.24) is 0 Å². The third kappa shape index (κ3) is 1.58. The number of para-hydroxylation sites is 1. The Kier molecular flexibility index (Phi) is 2.40. The van der Waals surface area contributed by atoms with Gasteiger partial charge >= 0.3 is 0 Å². The minimum Gasteiger partial charge on any atom is -0.359 e. The van der Waals surface area contributed by atoms with E-state index in [1.54, 1.807) is 0 Å². The van der Waals surface area contributed by atoms with Gasteiger partial charge in [-0.2, -0.15) is 0 Å². The molecule has 1 N–H and O–H groups in total. The molecule has 0 aromatic heterocycles. The van der Waals surface area contributed by atoms with E-state index in [4.69, 9.17) is 0 Å². The predicted octanol–water partition coefficient (Wildman–Crippen LogP) is 3.50. The van der Waals surface area contributed by atoms with Crippen molar-refractivity contribution in [1.29, 1.82) is 0 Å². The van der Waals surface area contributed by atoms with Gasteiger partial charge in [-0.05, 0) is 31.1 Å². The molecule has 1 aromatic rings. The molecule has 0 spiro atoms. The van der Waals surface area contributed by atoms with Gasteiger partial charge in [0.2, 0.25) is 0 Å². The van der Waals surface area contributed by atoms with Crippen molar-refractivity contribution in [2.75, 3.05) is 5.32 Å². The van der Waals surface area contributed by atoms with Gasteiger partial charge in [-0.15, -0.1) is 0 Å². The second kappa shape index (κ2) is 3.70. The summed E-state index contributed by atoms with van der Waals surface area (Å²) in [4.78, 5) is 0. The summed E-state index contributed by atoms with van der Waals surface area (Å²) in [5.74, 6) is 0. The van der Waals surface area contributed by atoms with Gasteiger partial charge in [0.1, 0.15) is 0 Å². The molecule has 1 aliphatic heterocycles. The SMILES string of the molecule is C/C=C\C1=C(C)Nc2ccccc2C1. The van der Waals surface area contributed by atoms with Crippen LogP contribution < -0.4 is 5.32 Å². The van der Waals surface area contributed by atoms with Crippen LogP contribution in [0.3, 0.4) is 0 Å². The number of benzene rings is 1. The van der Waals surface area contributed by atoms with Crippen LogP contribution in [0, 0.1) is 0 Å². The molecule has 0 amide bonds. The molecule has 1 heteroatoms. The van der Waals surface area contributed by atoms with Crippen LogP contribution in [-0.4, -0.2) is 0 Å². The van der Waals surface area contributed by atoms with Gasteiger partial charge in [0.25, 0.3) is 0 Å². The maximum absolute atomic E-state index is 3.42. The largest absolute Gasteiger partial charge is 0.359 e. The van der Waals surface area contributed by atoms with Gasteiger partial charge in [0, 0.05) is 17.8 Å². The second-order valence-electron chi connectivity index (χ2n) is 3.61. The van der Waals surface area contributed by atoms with Crippen LogP contribution in [0.25, 0.3) is 0 Å². The summed E-state index contributed by atoms with van der Waals surface area (Å²) in [6, 6.07) is 8.47. The van der Waals surface area contributed by atoms with Gasteiger partial charge in [-0.3, -0.25) is 0 Å². The third-order valence-electron chi connectivity index (χ3n) is 2.57. The molecule has 0 atom stereocenters. The number of fused-ring (bicyclic) bond motifs is 1. The Balaban J connectivity index is 2.36. The third-order valence-corrected chi connectivity index (χ3v) is 2.57. The Morgan fingerprint density at radius 1 is 1.29 bits per heavy atom. The smallest absolute Gasteiger partial charge is 0.0417 e. The maximum Gasteiger partial charge on any atom is 0.0417 e. The van der Waals surface area contributed by atoms with Crippen LogP contribution in [0.5, 0.6) is 0 Å². The molecule has 0 saturated carbocycles. The van der Waals surface area contributed by atoms with E-state index >= 15 is 0 Å². The first-order chi connectivity index (χ1) is 6.81. The first kappa shape index (κ1) is 9.07. The minimum atomic E-state index is 1.04. The summed E-state index contributed by atoms with van der Waals surface area (Å²) in [6.45, 7) is 4.19. The Morgan fingerprint density at radius 2 is 2.07 bits per heavy atom. The average Bonchev–Trinajstić information content (AvgIpc) is 2.19. The molecule has 72 valence electrons. The van der Waals surface area contributed by atoms with E-state index in [-0.39, 0.29) is 0 Å². The average molecular weight is 185 g/mol. The van der Waals surface area contributed by atoms with Gasteiger partial charge in [-0.1, -0.05) is 30.4 Å². The Morgan fingerprint density at radius 3 is 2.86 bits per heavy atom. The first-order valence-corrected chi connectivity index (χ1v) is 4.98. The maximum atomic E-state index is 3.42. The Labute approximate surface area is 85.2 Å². The molecule has 0 radical (unpaired) electrons.